The first-order valence-corrected chi connectivity index (χ1v) is 5.41. The van der Waals surface area contributed by atoms with E-state index in [4.69, 9.17) is 10.3 Å². The van der Waals surface area contributed by atoms with Crippen LogP contribution in [0.15, 0.2) is 28.8 Å². The highest BCUT2D eigenvalue weighted by atomic mass is 16.5. The second kappa shape index (κ2) is 4.00. The molecule has 0 bridgehead atoms. The molecule has 2 N–H and O–H groups in total. The summed E-state index contributed by atoms with van der Waals surface area (Å²) in [5.74, 6) is 0.921. The van der Waals surface area contributed by atoms with E-state index < -0.39 is 0 Å². The largest absolute Gasteiger partial charge is 0.367 e. The van der Waals surface area contributed by atoms with E-state index in [0.29, 0.717) is 11.8 Å². The molecular formula is C13H16N2O. The average Bonchev–Trinajstić information content (AvgIpc) is 2.59. The number of hydrogen-bond donors (Lipinski definition) is 1. The maximum Gasteiger partial charge on any atom is 0.230 e. The van der Waals surface area contributed by atoms with E-state index in [1.54, 1.807) is 0 Å². The number of hydrogen-bond acceptors (Lipinski definition) is 3. The SMILES string of the molecule is Cc1noc(N)c1-c1ccc(C(C)C)cc1. The molecule has 0 atom stereocenters. The molecule has 0 saturated heterocycles. The summed E-state index contributed by atoms with van der Waals surface area (Å²) in [6, 6.07) is 8.36. The lowest BCUT2D eigenvalue weighted by molar-refractivity contribution is 0.431. The van der Waals surface area contributed by atoms with Crippen LogP contribution in [0.25, 0.3) is 11.1 Å². The predicted octanol–water partition coefficient (Wildman–Crippen LogP) is 3.36. The van der Waals surface area contributed by atoms with Crippen molar-refractivity contribution < 1.29 is 4.52 Å². The molecule has 1 aromatic heterocycles. The summed E-state index contributed by atoms with van der Waals surface area (Å²) in [5.41, 5.74) is 9.84. The van der Waals surface area contributed by atoms with Gasteiger partial charge in [-0.3, -0.25) is 0 Å². The van der Waals surface area contributed by atoms with Gasteiger partial charge in [0.25, 0.3) is 0 Å². The van der Waals surface area contributed by atoms with Crippen LogP contribution < -0.4 is 5.73 Å². The molecule has 0 spiro atoms. The summed E-state index contributed by atoms with van der Waals surface area (Å²) in [6.07, 6.45) is 0. The highest BCUT2D eigenvalue weighted by Gasteiger charge is 2.12. The molecule has 0 aliphatic carbocycles. The summed E-state index contributed by atoms with van der Waals surface area (Å²) in [4.78, 5) is 0. The van der Waals surface area contributed by atoms with Gasteiger partial charge < -0.3 is 10.3 Å². The molecule has 0 radical (unpaired) electrons. The summed E-state index contributed by atoms with van der Waals surface area (Å²) >= 11 is 0. The normalized spacial score (nSPS) is 11.0. The Labute approximate surface area is 95.3 Å². The lowest BCUT2D eigenvalue weighted by Crippen LogP contribution is -1.89. The van der Waals surface area contributed by atoms with Crippen molar-refractivity contribution in [3.8, 4) is 11.1 Å². The molecule has 16 heavy (non-hydrogen) atoms. The fourth-order valence-electron chi connectivity index (χ4n) is 1.77. The van der Waals surface area contributed by atoms with Crippen molar-refractivity contribution in [1.82, 2.24) is 5.16 Å². The third-order valence-electron chi connectivity index (χ3n) is 2.76. The molecule has 0 aliphatic rings. The highest BCUT2D eigenvalue weighted by molar-refractivity contribution is 5.74. The van der Waals surface area contributed by atoms with Gasteiger partial charge in [-0.05, 0) is 24.0 Å². The van der Waals surface area contributed by atoms with Crippen LogP contribution in [0.1, 0.15) is 31.0 Å². The molecule has 1 aromatic carbocycles. The fraction of sp³-hybridized carbons (Fsp3) is 0.308. The zero-order chi connectivity index (χ0) is 11.7. The minimum Gasteiger partial charge on any atom is -0.367 e. The number of rotatable bonds is 2. The first kappa shape index (κ1) is 10.7. The summed E-state index contributed by atoms with van der Waals surface area (Å²) in [6.45, 7) is 6.24. The van der Waals surface area contributed by atoms with Crippen molar-refractivity contribution in [3.63, 3.8) is 0 Å². The number of aromatic nitrogens is 1. The molecule has 3 heteroatoms. The molecule has 0 unspecified atom stereocenters. The topological polar surface area (TPSA) is 52.0 Å². The van der Waals surface area contributed by atoms with E-state index in [-0.39, 0.29) is 0 Å². The van der Waals surface area contributed by atoms with Crippen molar-refractivity contribution in [2.75, 3.05) is 5.73 Å². The van der Waals surface area contributed by atoms with Crippen LogP contribution in [0.3, 0.4) is 0 Å². The van der Waals surface area contributed by atoms with Gasteiger partial charge in [-0.1, -0.05) is 43.3 Å². The van der Waals surface area contributed by atoms with Crippen molar-refractivity contribution in [2.45, 2.75) is 26.7 Å². The Morgan fingerprint density at radius 3 is 2.25 bits per heavy atom. The summed E-state index contributed by atoms with van der Waals surface area (Å²) in [5, 5.41) is 3.85. The Balaban J connectivity index is 2.42. The van der Waals surface area contributed by atoms with Gasteiger partial charge in [-0.2, -0.15) is 0 Å². The van der Waals surface area contributed by atoms with Crippen molar-refractivity contribution in [2.24, 2.45) is 0 Å². The fourth-order valence-corrected chi connectivity index (χ4v) is 1.77. The van der Waals surface area contributed by atoms with Crippen molar-refractivity contribution in [1.29, 1.82) is 0 Å². The first-order valence-electron chi connectivity index (χ1n) is 5.41. The third kappa shape index (κ3) is 1.81. The lowest BCUT2D eigenvalue weighted by Gasteiger charge is -2.06. The van der Waals surface area contributed by atoms with Crippen LogP contribution in [0, 0.1) is 6.92 Å². The Morgan fingerprint density at radius 1 is 1.19 bits per heavy atom. The number of benzene rings is 1. The van der Waals surface area contributed by atoms with Gasteiger partial charge >= 0.3 is 0 Å². The summed E-state index contributed by atoms with van der Waals surface area (Å²) in [7, 11) is 0. The number of nitrogens with two attached hydrogens (primary N) is 1. The standard InChI is InChI=1S/C13H16N2O/c1-8(2)10-4-6-11(7-5-10)12-9(3)15-16-13(12)14/h4-8H,14H2,1-3H3. The van der Waals surface area contributed by atoms with Gasteiger partial charge in [0.15, 0.2) is 0 Å². The Bertz CT molecular complexity index is 464. The van der Waals surface area contributed by atoms with Crippen LogP contribution >= 0.6 is 0 Å². The zero-order valence-corrected chi connectivity index (χ0v) is 9.82. The minimum atomic E-state index is 0.384. The van der Waals surface area contributed by atoms with Gasteiger partial charge in [0, 0.05) is 0 Å². The molecule has 0 aliphatic heterocycles. The van der Waals surface area contributed by atoms with Gasteiger partial charge in [0.2, 0.25) is 5.88 Å². The number of anilines is 1. The second-order valence-corrected chi connectivity index (χ2v) is 4.28. The van der Waals surface area contributed by atoms with Crippen LogP contribution in [-0.4, -0.2) is 5.16 Å². The predicted molar refractivity (Wildman–Crippen MR) is 65.2 cm³/mol. The number of aryl methyl sites for hydroxylation is 1. The van der Waals surface area contributed by atoms with Gasteiger partial charge in [0.05, 0.1) is 11.3 Å². The average molecular weight is 216 g/mol. The van der Waals surface area contributed by atoms with Crippen molar-refractivity contribution in [3.05, 3.63) is 35.5 Å². The van der Waals surface area contributed by atoms with Crippen LogP contribution in [0.2, 0.25) is 0 Å². The van der Waals surface area contributed by atoms with E-state index in [1.165, 1.54) is 5.56 Å². The molecule has 0 amide bonds. The van der Waals surface area contributed by atoms with Crippen LogP contribution in [0.5, 0.6) is 0 Å². The molecule has 2 rings (SSSR count). The number of nitrogens with zero attached hydrogens (tertiary/aromatic N) is 1. The van der Waals surface area contributed by atoms with Gasteiger partial charge in [-0.15, -0.1) is 0 Å². The Morgan fingerprint density at radius 2 is 1.81 bits per heavy atom. The van der Waals surface area contributed by atoms with E-state index in [1.807, 2.05) is 6.92 Å². The monoisotopic (exact) mass is 216 g/mol. The van der Waals surface area contributed by atoms with Crippen LogP contribution in [-0.2, 0) is 0 Å². The maximum atomic E-state index is 5.74. The second-order valence-electron chi connectivity index (χ2n) is 4.28. The minimum absolute atomic E-state index is 0.384. The van der Waals surface area contributed by atoms with Gasteiger partial charge in [0.1, 0.15) is 0 Å². The zero-order valence-electron chi connectivity index (χ0n) is 9.82. The molecule has 0 saturated carbocycles. The lowest BCUT2D eigenvalue weighted by atomic mass is 9.99. The van der Waals surface area contributed by atoms with Gasteiger partial charge in [-0.25, -0.2) is 0 Å². The molecule has 3 nitrogen and oxygen atoms in total. The highest BCUT2D eigenvalue weighted by Crippen LogP contribution is 2.30. The summed E-state index contributed by atoms with van der Waals surface area (Å²) < 4.78 is 4.96. The van der Waals surface area contributed by atoms with E-state index in [2.05, 4.69) is 43.3 Å². The van der Waals surface area contributed by atoms with Crippen LogP contribution in [0.4, 0.5) is 5.88 Å². The first-order chi connectivity index (χ1) is 7.59. The quantitative estimate of drug-likeness (QED) is 0.837. The maximum absolute atomic E-state index is 5.74. The van der Waals surface area contributed by atoms with E-state index >= 15 is 0 Å². The molecule has 2 aromatic rings. The molecular weight excluding hydrogens is 200 g/mol. The molecule has 1 heterocycles. The van der Waals surface area contributed by atoms with Crippen molar-refractivity contribution >= 4 is 5.88 Å². The molecule has 0 fully saturated rings. The van der Waals surface area contributed by atoms with E-state index in [0.717, 1.165) is 16.8 Å². The smallest absolute Gasteiger partial charge is 0.230 e. The Kier molecular flexibility index (Phi) is 2.69. The third-order valence-corrected chi connectivity index (χ3v) is 2.76. The number of nitrogen functional groups attached to an aromatic ring is 1. The Hall–Kier alpha value is -1.77. The van der Waals surface area contributed by atoms with E-state index in [9.17, 15) is 0 Å². The molecule has 84 valence electrons.